The topological polar surface area (TPSA) is 52.0 Å². The van der Waals surface area contributed by atoms with Crippen LogP contribution >= 0.6 is 0 Å². The Morgan fingerprint density at radius 1 is 0.426 bits per heavy atom. The molecule has 61 heavy (non-hydrogen) atoms. The lowest BCUT2D eigenvalue weighted by atomic mass is 8.30. The van der Waals surface area contributed by atoms with Crippen LogP contribution in [0.2, 0.25) is 5.82 Å². The first kappa shape index (κ1) is 56.0. The van der Waals surface area contributed by atoms with E-state index in [4.69, 9.17) is 166 Å². The third kappa shape index (κ3) is 14.8. The molecule has 0 unspecified atom stereocenters. The van der Waals surface area contributed by atoms with E-state index in [-0.39, 0.29) is 11.7 Å². The molecule has 0 heterocycles. The molecule has 2 nitrogen and oxygen atoms in total. The Balaban J connectivity index is 2.37. The zero-order valence-electron chi connectivity index (χ0n) is 35.5. The molecule has 1 aliphatic rings. The van der Waals surface area contributed by atoms with Crippen molar-refractivity contribution in [3.05, 3.63) is 59.2 Å². The van der Waals surface area contributed by atoms with E-state index < -0.39 is 121 Å². The van der Waals surface area contributed by atoms with Crippen molar-refractivity contribution in [1.82, 2.24) is 0 Å². The smallest absolute Gasteiger partial charge is 0.0491 e. The molecule has 0 atom stereocenters. The minimum atomic E-state index is -1.18. The van der Waals surface area contributed by atoms with E-state index in [1.54, 1.807) is 6.07 Å². The maximum Gasteiger partial charge on any atom is 0.0491 e. The summed E-state index contributed by atoms with van der Waals surface area (Å²) in [5, 5.41) is 0. The first-order valence-corrected chi connectivity index (χ1v) is 21.1. The summed E-state index contributed by atoms with van der Waals surface area (Å²) in [4.78, 5) is 0. The van der Waals surface area contributed by atoms with Crippen LogP contribution in [0.15, 0.2) is 42.5 Å². The number of rotatable bonds is 23. The third-order valence-electron chi connectivity index (χ3n) is 13.4. The molecule has 3 rings (SSSR count). The van der Waals surface area contributed by atoms with Gasteiger partial charge in [0.1, 0.15) is 0 Å². The number of nitrogen functional groups attached to an aromatic ring is 2. The average molecular weight is 712 g/mol. The lowest BCUT2D eigenvalue weighted by Crippen LogP contribution is -2.91. The minimum Gasteiger partial charge on any atom is -0.399 e. The van der Waals surface area contributed by atoms with Gasteiger partial charge in [0.05, 0.1) is 0 Å². The Morgan fingerprint density at radius 2 is 0.770 bits per heavy atom. The standard InChI is InChI=1S/C19H23B40N2/c20-40-51(39)58(50(37)38)53(59(56(46(29)30)47(31)32)57(48(33)34)49(35)36)41(52(54(42(21)22)43(23)24)55(44(25)26)45(27)28)17-7-5-16(6-8-17)15-3-1-13(2-4-15)9-14-10-18(60)12-19(61)11-14/h1-4,10-12,16-17H,5-9,60-61H2. The van der Waals surface area contributed by atoms with E-state index in [2.05, 4.69) is 24.3 Å². The highest BCUT2D eigenvalue weighted by atomic mass is 14.6. The molecule has 0 spiro atoms. The Morgan fingerprint density at radius 3 is 1.11 bits per heavy atom. The number of hydrogen-bond acceptors (Lipinski definition) is 2. The summed E-state index contributed by atoms with van der Waals surface area (Å²) in [5.41, 5.74) is 16.6. The van der Waals surface area contributed by atoms with Crippen molar-refractivity contribution in [2.45, 2.75) is 43.8 Å². The van der Waals surface area contributed by atoms with Gasteiger partial charge in [-0.2, -0.15) is 0 Å². The van der Waals surface area contributed by atoms with Crippen molar-refractivity contribution in [1.29, 1.82) is 0 Å². The van der Waals surface area contributed by atoms with Gasteiger partial charge in [0.15, 0.2) is 0 Å². The predicted molar refractivity (Wildman–Crippen MR) is 320 cm³/mol. The monoisotopic (exact) mass is 720 g/mol. The van der Waals surface area contributed by atoms with Crippen molar-refractivity contribution in [2.24, 2.45) is 0 Å². The van der Waals surface area contributed by atoms with Crippen LogP contribution in [0.3, 0.4) is 0 Å². The van der Waals surface area contributed by atoms with Crippen LogP contribution in [0.1, 0.15) is 48.3 Å². The summed E-state index contributed by atoms with van der Waals surface area (Å²) in [6.07, 6.45) is -15.5. The van der Waals surface area contributed by atoms with Gasteiger partial charge in [0.25, 0.3) is 0 Å². The molecule has 1 saturated carbocycles. The Kier molecular flexibility index (Phi) is 23.6. The van der Waals surface area contributed by atoms with Gasteiger partial charge in [-0.1, -0.05) is 42.9 Å². The molecule has 1 aliphatic carbocycles. The van der Waals surface area contributed by atoms with Crippen molar-refractivity contribution in [3.8, 4) is 0 Å². The third-order valence-corrected chi connectivity index (χ3v) is 13.4. The minimum absolute atomic E-state index is 0.174. The molecule has 2 aromatic carbocycles. The van der Waals surface area contributed by atoms with Crippen molar-refractivity contribution >= 4 is 295 Å². The average Bonchev–Trinajstić information content (AvgIpc) is 3.13. The van der Waals surface area contributed by atoms with Crippen LogP contribution in [0, 0.1) is 0 Å². The van der Waals surface area contributed by atoms with Crippen LogP contribution in [-0.4, -0.2) is 283 Å². The first-order valence-electron chi connectivity index (χ1n) is 21.1. The second-order valence-electron chi connectivity index (χ2n) is 17.7. The van der Waals surface area contributed by atoms with E-state index in [9.17, 15) is 0 Å². The predicted octanol–water partition coefficient (Wildman–Crippen LogP) is -10.8. The number of benzene rings is 2. The summed E-state index contributed by atoms with van der Waals surface area (Å²) >= 11 is 0. The van der Waals surface area contributed by atoms with Crippen LogP contribution in [0.4, 0.5) is 11.4 Å². The highest BCUT2D eigenvalue weighted by Gasteiger charge is 2.58. The summed E-state index contributed by atoms with van der Waals surface area (Å²) < 4.78 is 0. The van der Waals surface area contributed by atoms with E-state index in [0.29, 0.717) is 30.6 Å². The fourth-order valence-electron chi connectivity index (χ4n) is 11.0. The molecule has 4 N–H and O–H groups in total. The van der Waals surface area contributed by atoms with E-state index in [0.717, 1.165) is 24.0 Å². The molecule has 0 bridgehead atoms. The van der Waals surface area contributed by atoms with Crippen molar-refractivity contribution < 1.29 is 0 Å². The number of anilines is 2. The maximum absolute atomic E-state index is 6.89. The van der Waals surface area contributed by atoms with Gasteiger partial charge in [-0.05, 0) is 60.1 Å². The largest absolute Gasteiger partial charge is 0.399 e. The molecular weight excluding hydrogens is 689 g/mol. The molecule has 41 radical (unpaired) electrons. The molecule has 0 saturated heterocycles. The van der Waals surface area contributed by atoms with Crippen LogP contribution in [-0.2, 0) is 6.42 Å². The van der Waals surface area contributed by atoms with Crippen LogP contribution < -0.4 is 11.5 Å². The van der Waals surface area contributed by atoms with Gasteiger partial charge < -0.3 is 11.5 Å². The second kappa shape index (κ2) is 25.7. The van der Waals surface area contributed by atoms with Crippen LogP contribution in [0.5, 0.6) is 0 Å². The zero-order chi connectivity index (χ0) is 46.2. The summed E-state index contributed by atoms with van der Waals surface area (Å²) in [5.74, 6) is -0.0756. The molecule has 2 aromatic rings. The quantitative estimate of drug-likeness (QED) is 0.0891. The lowest BCUT2D eigenvalue weighted by molar-refractivity contribution is 0.442. The summed E-state index contributed by atoms with van der Waals surface area (Å²) in [6.45, 7) is -0.701. The molecular formula is C19H23B40N2. The van der Waals surface area contributed by atoms with E-state index in [1.807, 2.05) is 12.1 Å². The van der Waals surface area contributed by atoms with Crippen molar-refractivity contribution in [2.75, 3.05) is 11.5 Å². The molecule has 0 aromatic heterocycles. The van der Waals surface area contributed by atoms with E-state index in [1.165, 1.54) is 12.6 Å². The fourth-order valence-corrected chi connectivity index (χ4v) is 11.0. The Hall–Kier alpha value is 0.637. The summed E-state index contributed by atoms with van der Waals surface area (Å²) in [7, 11) is 133. The Labute approximate surface area is 406 Å². The molecule has 42 heteroatoms. The number of hydrogen-bond donors (Lipinski definition) is 2. The van der Waals surface area contributed by atoms with Gasteiger partial charge in [-0.3, -0.25) is 0 Å². The normalized spacial score (nSPS) is 14.2. The van der Waals surface area contributed by atoms with Crippen LogP contribution in [0.25, 0.3) is 0 Å². The molecule has 229 valence electrons. The fraction of sp³-hybridized carbons (Fsp3) is 0.368. The zero-order valence-corrected chi connectivity index (χ0v) is 35.5. The van der Waals surface area contributed by atoms with Crippen molar-refractivity contribution in [3.63, 3.8) is 0 Å². The van der Waals surface area contributed by atoms with Gasteiger partial charge in [-0.25, -0.2) is 0 Å². The lowest BCUT2D eigenvalue weighted by Gasteiger charge is -2.55. The summed E-state index contributed by atoms with van der Waals surface area (Å²) in [6, 6.07) is 14.1. The molecule has 1 fully saturated rings. The maximum atomic E-state index is 6.89. The highest BCUT2D eigenvalue weighted by molar-refractivity contribution is 8.29. The van der Waals surface area contributed by atoms with E-state index >= 15 is 0 Å². The Bertz CT molecular complexity index is 1480. The second-order valence-corrected chi connectivity index (χ2v) is 17.7. The number of nitrogens with two attached hydrogens (primary N) is 2. The SMILES string of the molecule is [B][B]B([B])B(B([B])[B])B(B(B(B([B])[B])B([B])[B])B(B([B])[B])B([B])[B])B(B(B(B([B])[B])B([B])[B])B(B([B])[B])B([B])[B])C1CCC(c2ccc(Cc3cc(N)cc(N)c3)cc2)CC1. The molecule has 0 amide bonds. The van der Waals surface area contributed by atoms with Gasteiger partial charge in [-0.15, -0.1) is 0 Å². The van der Waals surface area contributed by atoms with Gasteiger partial charge in [0, 0.05) is 295 Å². The van der Waals surface area contributed by atoms with Gasteiger partial charge in [0.2, 0.25) is 0 Å². The first-order chi connectivity index (χ1) is 28.4. The van der Waals surface area contributed by atoms with Gasteiger partial charge >= 0.3 is 0 Å². The highest BCUT2D eigenvalue weighted by Crippen LogP contribution is 2.42. The molecule has 0 aliphatic heterocycles.